The van der Waals surface area contributed by atoms with Crippen LogP contribution in [0.2, 0.25) is 0 Å². The Morgan fingerprint density at radius 3 is 2.48 bits per heavy atom. The number of hydrogen-bond donors (Lipinski definition) is 1. The molecule has 3 fully saturated rings. The predicted octanol–water partition coefficient (Wildman–Crippen LogP) is 2.94. The minimum atomic E-state index is 0.0536. The molecule has 0 aromatic carbocycles. The Kier molecular flexibility index (Phi) is 4.80. The highest BCUT2D eigenvalue weighted by atomic mass is 16.5. The number of nitrogens with zero attached hydrogens (tertiary/aromatic N) is 2. The van der Waals surface area contributed by atoms with Gasteiger partial charge in [-0.3, -0.25) is 9.59 Å². The summed E-state index contributed by atoms with van der Waals surface area (Å²) in [5.41, 5.74) is 0.610. The van der Waals surface area contributed by atoms with Crippen LogP contribution in [0.4, 0.5) is 0 Å². The fraction of sp³-hybridized carbons (Fsp3) is 0.609. The highest BCUT2D eigenvalue weighted by Crippen LogP contribution is 2.44. The van der Waals surface area contributed by atoms with Crippen molar-refractivity contribution in [1.29, 1.82) is 0 Å². The first-order valence-corrected chi connectivity index (χ1v) is 10.9. The van der Waals surface area contributed by atoms with Crippen molar-refractivity contribution in [3.05, 3.63) is 36.0 Å². The number of piperidine rings is 2. The molecule has 2 aliphatic carbocycles. The second-order valence-corrected chi connectivity index (χ2v) is 9.10. The lowest BCUT2D eigenvalue weighted by Gasteiger charge is -2.49. The van der Waals surface area contributed by atoms with Gasteiger partial charge in [-0.15, -0.1) is 0 Å². The van der Waals surface area contributed by atoms with Crippen LogP contribution in [0.5, 0.6) is 5.88 Å². The summed E-state index contributed by atoms with van der Waals surface area (Å²) >= 11 is 0. The molecule has 2 saturated heterocycles. The lowest BCUT2D eigenvalue weighted by molar-refractivity contribution is -0.127. The van der Waals surface area contributed by atoms with E-state index in [4.69, 9.17) is 4.74 Å². The molecule has 6 nitrogen and oxygen atoms in total. The topological polar surface area (TPSA) is 71.5 Å². The van der Waals surface area contributed by atoms with Gasteiger partial charge in [-0.1, -0.05) is 12.2 Å². The number of aromatic nitrogens is 1. The number of hydrogen-bond acceptors (Lipinski definition) is 4. The van der Waals surface area contributed by atoms with Crippen molar-refractivity contribution >= 4 is 11.8 Å². The predicted molar refractivity (Wildman–Crippen MR) is 108 cm³/mol. The van der Waals surface area contributed by atoms with Crippen molar-refractivity contribution in [2.75, 3.05) is 7.11 Å². The average Bonchev–Trinajstić information content (AvgIpc) is 3.36. The molecule has 6 atom stereocenters. The van der Waals surface area contributed by atoms with Gasteiger partial charge in [0.1, 0.15) is 0 Å². The van der Waals surface area contributed by atoms with Crippen LogP contribution in [0.1, 0.15) is 55.3 Å². The summed E-state index contributed by atoms with van der Waals surface area (Å²) in [5.74, 6) is 1.98. The molecule has 1 aromatic heterocycles. The Morgan fingerprint density at radius 1 is 1.10 bits per heavy atom. The van der Waals surface area contributed by atoms with Crippen LogP contribution in [0, 0.1) is 17.8 Å². The van der Waals surface area contributed by atoms with Gasteiger partial charge in [-0.05, 0) is 62.8 Å². The van der Waals surface area contributed by atoms with Crippen LogP contribution in [0.3, 0.4) is 0 Å². The van der Waals surface area contributed by atoms with Crippen LogP contribution in [-0.4, -0.2) is 46.9 Å². The summed E-state index contributed by atoms with van der Waals surface area (Å²) in [6.45, 7) is 0. The van der Waals surface area contributed by atoms with E-state index in [0.717, 1.165) is 44.9 Å². The lowest BCUT2D eigenvalue weighted by atomic mass is 9.81. The molecule has 1 N–H and O–H groups in total. The maximum atomic E-state index is 13.2. The lowest BCUT2D eigenvalue weighted by Crippen LogP contribution is -2.59. The van der Waals surface area contributed by atoms with E-state index in [1.54, 1.807) is 25.4 Å². The molecule has 29 heavy (non-hydrogen) atoms. The van der Waals surface area contributed by atoms with Crippen molar-refractivity contribution in [1.82, 2.24) is 15.2 Å². The number of amides is 2. The summed E-state index contributed by atoms with van der Waals surface area (Å²) in [6.07, 6.45) is 13.1. The molecule has 1 saturated carbocycles. The van der Waals surface area contributed by atoms with Gasteiger partial charge in [0.2, 0.25) is 11.8 Å². The van der Waals surface area contributed by atoms with Gasteiger partial charge in [0, 0.05) is 36.3 Å². The van der Waals surface area contributed by atoms with E-state index in [1.807, 2.05) is 0 Å². The molecule has 4 aliphatic rings. The number of fused-ring (bicyclic) bond motifs is 4. The van der Waals surface area contributed by atoms with Gasteiger partial charge in [0.05, 0.1) is 12.7 Å². The van der Waals surface area contributed by atoms with Crippen LogP contribution >= 0.6 is 0 Å². The highest BCUT2D eigenvalue weighted by molar-refractivity contribution is 5.94. The number of allylic oxidation sites excluding steroid dienone is 2. The van der Waals surface area contributed by atoms with Gasteiger partial charge in [-0.2, -0.15) is 0 Å². The van der Waals surface area contributed by atoms with Gasteiger partial charge in [0.15, 0.2) is 0 Å². The molecule has 154 valence electrons. The van der Waals surface area contributed by atoms with Gasteiger partial charge < -0.3 is 15.0 Å². The zero-order valence-corrected chi connectivity index (χ0v) is 16.9. The second kappa shape index (κ2) is 7.47. The fourth-order valence-corrected chi connectivity index (χ4v) is 6.00. The van der Waals surface area contributed by atoms with Crippen LogP contribution in [0.25, 0.3) is 0 Å². The Morgan fingerprint density at radius 2 is 1.90 bits per heavy atom. The number of rotatable bonds is 4. The summed E-state index contributed by atoms with van der Waals surface area (Å²) in [5, 5.41) is 3.35. The Bertz CT molecular complexity index is 807. The molecule has 2 aliphatic heterocycles. The summed E-state index contributed by atoms with van der Waals surface area (Å²) < 4.78 is 5.10. The molecule has 2 amide bonds. The van der Waals surface area contributed by atoms with E-state index >= 15 is 0 Å². The van der Waals surface area contributed by atoms with E-state index in [-0.39, 0.29) is 35.9 Å². The average molecular weight is 396 g/mol. The van der Waals surface area contributed by atoms with Crippen LogP contribution in [0.15, 0.2) is 30.5 Å². The molecular weight excluding hydrogens is 366 g/mol. The van der Waals surface area contributed by atoms with Crippen molar-refractivity contribution in [3.8, 4) is 5.88 Å². The standard InChI is InChI=1S/C23H29N3O3/c1-29-21-8-7-16(13-24-21)23(28)26-18-3-2-4-19(26)12-17(11-18)25-22(27)20-10-14-5-6-15(20)9-14/h5-8,13-15,17-20H,2-4,9-12H2,1H3,(H,25,27)/t14-,15+,17?,18-,19+,20+/m1/s1. The zero-order valence-electron chi connectivity index (χ0n) is 16.9. The highest BCUT2D eigenvalue weighted by Gasteiger charge is 2.44. The van der Waals surface area contributed by atoms with Crippen molar-refractivity contribution < 1.29 is 14.3 Å². The van der Waals surface area contributed by atoms with Gasteiger partial charge >= 0.3 is 0 Å². The minimum Gasteiger partial charge on any atom is -0.481 e. The number of methoxy groups -OCH3 is 1. The first-order valence-electron chi connectivity index (χ1n) is 10.9. The minimum absolute atomic E-state index is 0.0536. The molecule has 6 heteroatoms. The normalized spacial score (nSPS) is 34.9. The third-order valence-corrected chi connectivity index (χ3v) is 7.36. The monoisotopic (exact) mass is 395 g/mol. The number of ether oxygens (including phenoxy) is 1. The maximum absolute atomic E-state index is 13.2. The number of nitrogens with one attached hydrogen (secondary N) is 1. The molecule has 0 radical (unpaired) electrons. The number of carbonyl (C=O) groups is 2. The first-order chi connectivity index (χ1) is 14.1. The maximum Gasteiger partial charge on any atom is 0.255 e. The fourth-order valence-electron chi connectivity index (χ4n) is 6.00. The van der Waals surface area contributed by atoms with E-state index in [0.29, 0.717) is 23.3 Å². The summed E-state index contributed by atoms with van der Waals surface area (Å²) in [4.78, 5) is 32.3. The van der Waals surface area contributed by atoms with Crippen LogP contribution in [-0.2, 0) is 4.79 Å². The quantitative estimate of drug-likeness (QED) is 0.796. The van der Waals surface area contributed by atoms with Gasteiger partial charge in [-0.25, -0.2) is 4.98 Å². The molecule has 3 heterocycles. The molecule has 5 rings (SSSR count). The second-order valence-electron chi connectivity index (χ2n) is 9.10. The van der Waals surface area contributed by atoms with E-state index in [2.05, 4.69) is 27.4 Å². The first kappa shape index (κ1) is 18.6. The third kappa shape index (κ3) is 3.43. The molecule has 0 spiro atoms. The Labute approximate surface area is 171 Å². The SMILES string of the molecule is COc1ccc(C(=O)N2[C@@H]3CCC[C@H]2CC(NC(=O)[C@H]2C[C@@H]4C=C[C@H]2C4)C3)cn1. The van der Waals surface area contributed by atoms with Crippen molar-refractivity contribution in [3.63, 3.8) is 0 Å². The largest absolute Gasteiger partial charge is 0.481 e. The van der Waals surface area contributed by atoms with E-state index < -0.39 is 0 Å². The number of pyridine rings is 1. The molecule has 4 bridgehead atoms. The third-order valence-electron chi connectivity index (χ3n) is 7.36. The van der Waals surface area contributed by atoms with Crippen molar-refractivity contribution in [2.45, 2.75) is 63.1 Å². The molecule has 1 unspecified atom stereocenters. The van der Waals surface area contributed by atoms with Crippen LogP contribution < -0.4 is 10.1 Å². The summed E-state index contributed by atoms with van der Waals surface area (Å²) in [7, 11) is 1.57. The Balaban J connectivity index is 1.25. The van der Waals surface area contributed by atoms with E-state index in [1.165, 1.54) is 0 Å². The smallest absolute Gasteiger partial charge is 0.255 e. The van der Waals surface area contributed by atoms with Crippen molar-refractivity contribution in [2.24, 2.45) is 17.8 Å². The molecular formula is C23H29N3O3. The zero-order chi connectivity index (χ0) is 20.0. The number of carbonyl (C=O) groups excluding carboxylic acids is 2. The Hall–Kier alpha value is -2.37. The summed E-state index contributed by atoms with van der Waals surface area (Å²) in [6, 6.07) is 4.10. The van der Waals surface area contributed by atoms with Gasteiger partial charge in [0.25, 0.3) is 5.91 Å². The van der Waals surface area contributed by atoms with E-state index in [9.17, 15) is 9.59 Å². The molecule has 1 aromatic rings.